The second-order valence-corrected chi connectivity index (χ2v) is 7.30. The molecular formula is C16H28BN3O2. The topological polar surface area (TPSA) is 47.5 Å². The van der Waals surface area contributed by atoms with Gasteiger partial charge in [0.15, 0.2) is 0 Å². The molecule has 0 spiro atoms. The molecule has 1 saturated heterocycles. The van der Waals surface area contributed by atoms with E-state index in [0.29, 0.717) is 5.92 Å². The van der Waals surface area contributed by atoms with Crippen LogP contribution in [0.3, 0.4) is 0 Å². The summed E-state index contributed by atoms with van der Waals surface area (Å²) in [7, 11) is 1.62. The lowest BCUT2D eigenvalue weighted by Gasteiger charge is -2.32. The zero-order chi connectivity index (χ0) is 16.5. The number of rotatable bonds is 5. The molecule has 2 heterocycles. The highest BCUT2D eigenvalue weighted by atomic mass is 16.7. The summed E-state index contributed by atoms with van der Waals surface area (Å²) < 4.78 is 12.0. The average molecular weight is 305 g/mol. The van der Waals surface area contributed by atoms with Crippen LogP contribution in [-0.4, -0.2) is 41.9 Å². The summed E-state index contributed by atoms with van der Waals surface area (Å²) >= 11 is 0. The molecule has 2 rings (SSSR count). The van der Waals surface area contributed by atoms with E-state index < -0.39 is 7.12 Å². The number of aromatic nitrogens is 2. The Morgan fingerprint density at radius 3 is 2.09 bits per heavy atom. The molecule has 1 aliphatic heterocycles. The van der Waals surface area contributed by atoms with Gasteiger partial charge >= 0.3 is 7.12 Å². The third-order valence-corrected chi connectivity index (χ3v) is 4.81. The minimum absolute atomic E-state index is 0.344. The fourth-order valence-corrected chi connectivity index (χ4v) is 2.31. The molecule has 1 aliphatic rings. The zero-order valence-electron chi connectivity index (χ0n) is 14.9. The van der Waals surface area contributed by atoms with Crippen LogP contribution in [0.4, 0.5) is 5.95 Å². The van der Waals surface area contributed by atoms with Crippen LogP contribution in [0.1, 0.15) is 48.0 Å². The molecule has 1 fully saturated rings. The van der Waals surface area contributed by atoms with E-state index in [4.69, 9.17) is 9.31 Å². The van der Waals surface area contributed by atoms with Crippen LogP contribution in [0.25, 0.3) is 0 Å². The summed E-state index contributed by atoms with van der Waals surface area (Å²) in [4.78, 5) is 11.0. The molecule has 6 heteroatoms. The van der Waals surface area contributed by atoms with Gasteiger partial charge < -0.3 is 14.2 Å². The molecule has 5 nitrogen and oxygen atoms in total. The number of nitrogens with zero attached hydrogens (tertiary/aromatic N) is 3. The zero-order valence-corrected chi connectivity index (χ0v) is 14.9. The van der Waals surface area contributed by atoms with Crippen LogP contribution in [-0.2, 0) is 9.31 Å². The van der Waals surface area contributed by atoms with Crippen molar-refractivity contribution in [2.24, 2.45) is 5.92 Å². The second-order valence-electron chi connectivity index (χ2n) is 7.30. The molecule has 0 saturated carbocycles. The van der Waals surface area contributed by atoms with Crippen LogP contribution in [0.15, 0.2) is 12.4 Å². The van der Waals surface area contributed by atoms with Crippen LogP contribution >= 0.6 is 0 Å². The largest absolute Gasteiger partial charge is 0.498 e. The summed E-state index contributed by atoms with van der Waals surface area (Å²) in [5, 5.41) is 0. The first-order valence-electron chi connectivity index (χ1n) is 8.05. The van der Waals surface area contributed by atoms with Crippen molar-refractivity contribution in [2.75, 3.05) is 18.5 Å². The van der Waals surface area contributed by atoms with Gasteiger partial charge in [-0.05, 0) is 33.6 Å². The average Bonchev–Trinajstić information content (AvgIpc) is 2.67. The van der Waals surface area contributed by atoms with Crippen molar-refractivity contribution in [3.8, 4) is 0 Å². The lowest BCUT2D eigenvalue weighted by Crippen LogP contribution is -2.41. The lowest BCUT2D eigenvalue weighted by atomic mass is 9.81. The molecule has 0 amide bonds. The molecule has 122 valence electrons. The van der Waals surface area contributed by atoms with Gasteiger partial charge in [0.2, 0.25) is 5.95 Å². The molecule has 22 heavy (non-hydrogen) atoms. The number of anilines is 1. The fourth-order valence-electron chi connectivity index (χ4n) is 2.31. The van der Waals surface area contributed by atoms with Crippen LogP contribution in [0, 0.1) is 5.92 Å². The molecule has 0 aliphatic carbocycles. The highest BCUT2D eigenvalue weighted by Gasteiger charge is 2.51. The number of hydrogen-bond acceptors (Lipinski definition) is 5. The maximum atomic E-state index is 6.02. The van der Waals surface area contributed by atoms with E-state index in [1.54, 1.807) is 12.4 Å². The van der Waals surface area contributed by atoms with Gasteiger partial charge in [0.05, 0.1) is 11.2 Å². The predicted molar refractivity (Wildman–Crippen MR) is 90.5 cm³/mol. The highest BCUT2D eigenvalue weighted by molar-refractivity contribution is 6.61. The Morgan fingerprint density at radius 2 is 1.64 bits per heavy atom. The Labute approximate surface area is 134 Å². The molecule has 0 N–H and O–H groups in total. The van der Waals surface area contributed by atoms with Crippen molar-refractivity contribution in [3.05, 3.63) is 12.4 Å². The molecule has 1 unspecified atom stereocenters. The molecule has 1 aromatic heterocycles. The van der Waals surface area contributed by atoms with E-state index in [9.17, 15) is 0 Å². The van der Waals surface area contributed by atoms with Crippen LogP contribution < -0.4 is 10.4 Å². The van der Waals surface area contributed by atoms with Crippen molar-refractivity contribution in [1.82, 2.24) is 9.97 Å². The van der Waals surface area contributed by atoms with Gasteiger partial charge in [-0.1, -0.05) is 20.3 Å². The SMILES string of the molecule is CCC(C)CN(C)c1ncc(B2OC(C)(C)C(C)(C)O2)cn1. The minimum atomic E-state index is -0.404. The molecule has 0 bridgehead atoms. The maximum absolute atomic E-state index is 6.02. The Bertz CT molecular complexity index is 489. The second kappa shape index (κ2) is 6.16. The van der Waals surface area contributed by atoms with E-state index in [-0.39, 0.29) is 11.2 Å². The highest BCUT2D eigenvalue weighted by Crippen LogP contribution is 2.36. The van der Waals surface area contributed by atoms with Crippen LogP contribution in [0.2, 0.25) is 0 Å². The summed E-state index contributed by atoms with van der Waals surface area (Å²) in [5.41, 5.74) is 0.173. The molecule has 0 aromatic carbocycles. The van der Waals surface area contributed by atoms with E-state index in [1.807, 2.05) is 34.7 Å². The predicted octanol–water partition coefficient (Wildman–Crippen LogP) is 2.26. The third kappa shape index (κ3) is 3.44. The third-order valence-electron chi connectivity index (χ3n) is 4.81. The summed E-state index contributed by atoms with van der Waals surface area (Å²) in [6.45, 7) is 13.6. The van der Waals surface area contributed by atoms with Crippen molar-refractivity contribution in [1.29, 1.82) is 0 Å². The molecule has 1 aromatic rings. The van der Waals surface area contributed by atoms with E-state index >= 15 is 0 Å². The van der Waals surface area contributed by atoms with Gasteiger partial charge in [-0.25, -0.2) is 9.97 Å². The molecule has 0 radical (unpaired) electrons. The Morgan fingerprint density at radius 1 is 1.14 bits per heavy atom. The van der Waals surface area contributed by atoms with E-state index in [2.05, 4.69) is 28.7 Å². The van der Waals surface area contributed by atoms with Crippen molar-refractivity contribution in [3.63, 3.8) is 0 Å². The normalized spacial score (nSPS) is 21.0. The standard InChI is InChI=1S/C16H28BN3O2/c1-8-12(2)11-20(7)14-18-9-13(10-19-14)17-21-15(3,4)16(5,6)22-17/h9-10,12H,8,11H2,1-7H3. The Kier molecular flexibility index (Phi) is 4.83. The van der Waals surface area contributed by atoms with Crippen molar-refractivity contribution in [2.45, 2.75) is 59.2 Å². The molecular weight excluding hydrogens is 277 g/mol. The first-order valence-corrected chi connectivity index (χ1v) is 8.05. The first-order chi connectivity index (χ1) is 10.2. The summed E-state index contributed by atoms with van der Waals surface area (Å²) in [5.74, 6) is 1.36. The lowest BCUT2D eigenvalue weighted by molar-refractivity contribution is 0.00578. The van der Waals surface area contributed by atoms with Gasteiger partial charge in [-0.2, -0.15) is 0 Å². The Balaban J connectivity index is 2.07. The summed E-state index contributed by atoms with van der Waals surface area (Å²) in [6.07, 6.45) is 4.76. The first kappa shape index (κ1) is 17.2. The Hall–Kier alpha value is -1.14. The smallest absolute Gasteiger partial charge is 0.399 e. The monoisotopic (exact) mass is 305 g/mol. The van der Waals surface area contributed by atoms with Gasteiger partial charge in [0, 0.05) is 31.4 Å². The van der Waals surface area contributed by atoms with Gasteiger partial charge in [0.25, 0.3) is 0 Å². The maximum Gasteiger partial charge on any atom is 0.498 e. The summed E-state index contributed by atoms with van der Waals surface area (Å²) in [6, 6.07) is 0. The van der Waals surface area contributed by atoms with Gasteiger partial charge in [0.1, 0.15) is 0 Å². The molecule has 1 atom stereocenters. The van der Waals surface area contributed by atoms with Crippen molar-refractivity contribution < 1.29 is 9.31 Å². The van der Waals surface area contributed by atoms with E-state index in [1.165, 1.54) is 0 Å². The van der Waals surface area contributed by atoms with Gasteiger partial charge in [-0.3, -0.25) is 0 Å². The minimum Gasteiger partial charge on any atom is -0.399 e. The van der Waals surface area contributed by atoms with Crippen LogP contribution in [0.5, 0.6) is 0 Å². The van der Waals surface area contributed by atoms with E-state index in [0.717, 1.165) is 24.4 Å². The number of hydrogen-bond donors (Lipinski definition) is 0. The van der Waals surface area contributed by atoms with Gasteiger partial charge in [-0.15, -0.1) is 0 Å². The quantitative estimate of drug-likeness (QED) is 0.781. The van der Waals surface area contributed by atoms with Crippen molar-refractivity contribution >= 4 is 18.5 Å². The fraction of sp³-hybridized carbons (Fsp3) is 0.750.